The van der Waals surface area contributed by atoms with Crippen LogP contribution < -0.4 is 0 Å². The summed E-state index contributed by atoms with van der Waals surface area (Å²) >= 11 is 1.55. The fraction of sp³-hybridized carbons (Fsp3) is 0.333. The van der Waals surface area contributed by atoms with Crippen molar-refractivity contribution in [3.8, 4) is 0 Å². The minimum absolute atomic E-state index is 0.220. The van der Waals surface area contributed by atoms with Gasteiger partial charge in [0, 0.05) is 22.8 Å². The fourth-order valence-corrected chi connectivity index (χ4v) is 3.38. The summed E-state index contributed by atoms with van der Waals surface area (Å²) in [5.41, 5.74) is 0. The molecule has 0 aliphatic rings. The maximum absolute atomic E-state index is 11.0. The Labute approximate surface area is 111 Å². The monoisotopic (exact) mass is 282 g/mol. The predicted molar refractivity (Wildman–Crippen MR) is 74.6 cm³/mol. The lowest BCUT2D eigenvalue weighted by Crippen LogP contribution is -2.03. The van der Waals surface area contributed by atoms with Crippen LogP contribution in [-0.2, 0) is 9.84 Å². The normalized spacial score (nSPS) is 11.8. The first kappa shape index (κ1) is 13.3. The van der Waals surface area contributed by atoms with Crippen LogP contribution in [0.25, 0.3) is 10.8 Å². The predicted octanol–water partition coefficient (Wildman–Crippen LogP) is 2.16. The van der Waals surface area contributed by atoms with E-state index in [0.29, 0.717) is 6.42 Å². The van der Waals surface area contributed by atoms with Crippen LogP contribution in [0.4, 0.5) is 0 Å². The van der Waals surface area contributed by atoms with Gasteiger partial charge in [-0.2, -0.15) is 5.10 Å². The van der Waals surface area contributed by atoms with Crippen molar-refractivity contribution in [3.63, 3.8) is 0 Å². The van der Waals surface area contributed by atoms with Crippen molar-refractivity contribution in [3.05, 3.63) is 30.5 Å². The van der Waals surface area contributed by atoms with Crippen molar-refractivity contribution in [2.45, 2.75) is 11.4 Å². The van der Waals surface area contributed by atoms with Crippen LogP contribution in [0.15, 0.2) is 35.5 Å². The standard InChI is InChI=1S/C12H14N2O2S2/c1-18(15,16)8-4-7-17-12-11-6-3-2-5-10(11)9-13-14-12/h2-3,5-6,9H,4,7-8H2,1H3. The molecule has 0 atom stereocenters. The molecule has 1 aromatic carbocycles. The Kier molecular flexibility index (Phi) is 4.19. The Bertz CT molecular complexity index is 636. The molecular formula is C12H14N2O2S2. The molecule has 0 spiro atoms. The van der Waals surface area contributed by atoms with Crippen molar-refractivity contribution in [2.24, 2.45) is 0 Å². The Morgan fingerprint density at radius 1 is 1.28 bits per heavy atom. The maximum Gasteiger partial charge on any atom is 0.147 e. The molecule has 2 aromatic rings. The third kappa shape index (κ3) is 3.68. The highest BCUT2D eigenvalue weighted by Gasteiger charge is 2.05. The number of rotatable bonds is 5. The SMILES string of the molecule is CS(=O)(=O)CCCSc1nncc2ccccc12. The minimum atomic E-state index is -2.87. The molecule has 96 valence electrons. The molecule has 1 heterocycles. The van der Waals surface area contributed by atoms with Crippen LogP contribution in [0.1, 0.15) is 6.42 Å². The molecule has 0 N–H and O–H groups in total. The summed E-state index contributed by atoms with van der Waals surface area (Å²) in [5, 5.41) is 11.0. The van der Waals surface area contributed by atoms with Gasteiger partial charge in [0.05, 0.1) is 11.9 Å². The Morgan fingerprint density at radius 3 is 2.83 bits per heavy atom. The molecule has 0 amide bonds. The van der Waals surface area contributed by atoms with E-state index in [0.717, 1.165) is 21.6 Å². The maximum atomic E-state index is 11.0. The highest BCUT2D eigenvalue weighted by Crippen LogP contribution is 2.24. The first-order valence-electron chi connectivity index (χ1n) is 5.57. The molecule has 0 aliphatic heterocycles. The van der Waals surface area contributed by atoms with Crippen molar-refractivity contribution in [2.75, 3.05) is 17.8 Å². The highest BCUT2D eigenvalue weighted by molar-refractivity contribution is 7.99. The number of fused-ring (bicyclic) bond motifs is 1. The molecule has 0 unspecified atom stereocenters. The van der Waals surface area contributed by atoms with Gasteiger partial charge in [0.15, 0.2) is 0 Å². The van der Waals surface area contributed by atoms with Crippen LogP contribution in [0.3, 0.4) is 0 Å². The van der Waals surface area contributed by atoms with Gasteiger partial charge in [-0.25, -0.2) is 8.42 Å². The lowest BCUT2D eigenvalue weighted by Gasteiger charge is -2.03. The molecule has 0 fully saturated rings. The lowest BCUT2D eigenvalue weighted by atomic mass is 10.2. The summed E-state index contributed by atoms with van der Waals surface area (Å²) in [6.07, 6.45) is 3.62. The van der Waals surface area contributed by atoms with E-state index in [1.54, 1.807) is 18.0 Å². The number of nitrogens with zero attached hydrogens (tertiary/aromatic N) is 2. The second kappa shape index (κ2) is 5.67. The smallest absolute Gasteiger partial charge is 0.147 e. The van der Waals surface area contributed by atoms with E-state index < -0.39 is 9.84 Å². The molecule has 0 saturated carbocycles. The van der Waals surface area contributed by atoms with Crippen LogP contribution in [0.5, 0.6) is 0 Å². The van der Waals surface area contributed by atoms with Crippen LogP contribution in [-0.4, -0.2) is 36.4 Å². The van der Waals surface area contributed by atoms with E-state index in [9.17, 15) is 8.42 Å². The molecule has 1 aromatic heterocycles. The molecule has 4 nitrogen and oxygen atoms in total. The molecule has 0 saturated heterocycles. The second-order valence-corrected chi connectivity index (χ2v) is 7.41. The first-order valence-corrected chi connectivity index (χ1v) is 8.62. The second-order valence-electron chi connectivity index (χ2n) is 4.07. The van der Waals surface area contributed by atoms with E-state index in [4.69, 9.17) is 0 Å². The van der Waals surface area contributed by atoms with Gasteiger partial charge < -0.3 is 0 Å². The van der Waals surface area contributed by atoms with Gasteiger partial charge in [0.2, 0.25) is 0 Å². The van der Waals surface area contributed by atoms with Gasteiger partial charge in [-0.1, -0.05) is 24.3 Å². The third-order valence-electron chi connectivity index (χ3n) is 2.43. The first-order chi connectivity index (χ1) is 8.56. The van der Waals surface area contributed by atoms with Crippen molar-refractivity contribution in [1.29, 1.82) is 0 Å². The topological polar surface area (TPSA) is 59.9 Å². The van der Waals surface area contributed by atoms with Gasteiger partial charge in [-0.3, -0.25) is 0 Å². The zero-order valence-corrected chi connectivity index (χ0v) is 11.7. The summed E-state index contributed by atoms with van der Waals surface area (Å²) in [4.78, 5) is 0. The molecule has 0 aliphatic carbocycles. The van der Waals surface area contributed by atoms with Crippen LogP contribution in [0, 0.1) is 0 Å². The Morgan fingerprint density at radius 2 is 2.06 bits per heavy atom. The van der Waals surface area contributed by atoms with Crippen molar-refractivity contribution >= 4 is 32.4 Å². The van der Waals surface area contributed by atoms with Gasteiger partial charge >= 0.3 is 0 Å². The zero-order valence-electron chi connectivity index (χ0n) is 10.0. The Hall–Kier alpha value is -1.14. The van der Waals surface area contributed by atoms with Crippen LogP contribution in [0.2, 0.25) is 0 Å². The Balaban J connectivity index is 2.04. The molecule has 18 heavy (non-hydrogen) atoms. The largest absolute Gasteiger partial charge is 0.229 e. The van der Waals surface area contributed by atoms with Crippen molar-refractivity contribution < 1.29 is 8.42 Å². The minimum Gasteiger partial charge on any atom is -0.229 e. The van der Waals surface area contributed by atoms with Crippen molar-refractivity contribution in [1.82, 2.24) is 10.2 Å². The fourth-order valence-electron chi connectivity index (χ4n) is 1.60. The van der Waals surface area contributed by atoms with Gasteiger partial charge in [-0.15, -0.1) is 16.9 Å². The van der Waals surface area contributed by atoms with E-state index in [1.807, 2.05) is 24.3 Å². The summed E-state index contributed by atoms with van der Waals surface area (Å²) in [7, 11) is -2.87. The quantitative estimate of drug-likeness (QED) is 0.621. The van der Waals surface area contributed by atoms with E-state index in [2.05, 4.69) is 10.2 Å². The molecular weight excluding hydrogens is 268 g/mol. The lowest BCUT2D eigenvalue weighted by molar-refractivity contribution is 0.600. The van der Waals surface area contributed by atoms with E-state index in [1.165, 1.54) is 6.26 Å². The average molecular weight is 282 g/mol. The molecule has 0 bridgehead atoms. The number of hydrogen-bond donors (Lipinski definition) is 0. The summed E-state index contributed by atoms with van der Waals surface area (Å²) < 4.78 is 22.0. The van der Waals surface area contributed by atoms with Crippen LogP contribution >= 0.6 is 11.8 Å². The van der Waals surface area contributed by atoms with Gasteiger partial charge in [-0.05, 0) is 6.42 Å². The van der Waals surface area contributed by atoms with Gasteiger partial charge in [0.1, 0.15) is 14.9 Å². The number of aromatic nitrogens is 2. The summed E-state index contributed by atoms with van der Waals surface area (Å²) in [5.74, 6) is 0.952. The number of thioether (sulfide) groups is 1. The number of benzene rings is 1. The third-order valence-corrected chi connectivity index (χ3v) is 4.53. The van der Waals surface area contributed by atoms with E-state index >= 15 is 0 Å². The van der Waals surface area contributed by atoms with E-state index in [-0.39, 0.29) is 5.75 Å². The average Bonchev–Trinajstić information content (AvgIpc) is 2.33. The molecule has 6 heteroatoms. The van der Waals surface area contributed by atoms with Gasteiger partial charge in [0.25, 0.3) is 0 Å². The highest BCUT2D eigenvalue weighted by atomic mass is 32.2. The molecule has 2 rings (SSSR count). The zero-order chi connectivity index (χ0) is 13.0. The molecule has 0 radical (unpaired) electrons. The number of hydrogen-bond acceptors (Lipinski definition) is 5. The summed E-state index contributed by atoms with van der Waals surface area (Å²) in [6.45, 7) is 0. The number of sulfone groups is 1. The summed E-state index contributed by atoms with van der Waals surface area (Å²) in [6, 6.07) is 7.92.